The minimum Gasteiger partial charge on any atom is -0.449 e. The number of hydrogen-bond donors (Lipinski definition) is 2. The first-order chi connectivity index (χ1) is 11.6. The van der Waals surface area contributed by atoms with E-state index in [-0.39, 0.29) is 0 Å². The smallest absolute Gasteiger partial charge is 0.411 e. The predicted octanol–water partition coefficient (Wildman–Crippen LogP) is 3.98. The molecule has 2 aromatic rings. The van der Waals surface area contributed by atoms with Crippen LogP contribution in [0, 0.1) is 19.8 Å². The van der Waals surface area contributed by atoms with E-state index >= 15 is 0 Å². The zero-order valence-corrected chi connectivity index (χ0v) is 14.9. The second kappa shape index (κ2) is 7.77. The molecule has 1 aromatic carbocycles. The van der Waals surface area contributed by atoms with Crippen LogP contribution in [-0.4, -0.2) is 30.8 Å². The van der Waals surface area contributed by atoms with Crippen molar-refractivity contribution in [3.8, 4) is 10.6 Å². The van der Waals surface area contributed by atoms with E-state index < -0.39 is 6.09 Å². The van der Waals surface area contributed by atoms with Crippen LogP contribution < -0.4 is 10.6 Å². The third-order valence-electron chi connectivity index (χ3n) is 4.33. The Hall–Kier alpha value is -1.92. The van der Waals surface area contributed by atoms with Gasteiger partial charge < -0.3 is 10.1 Å². The van der Waals surface area contributed by atoms with E-state index in [9.17, 15) is 4.79 Å². The lowest BCUT2D eigenvalue weighted by Crippen LogP contribution is -2.31. The van der Waals surface area contributed by atoms with Crippen LogP contribution in [0.2, 0.25) is 0 Å². The van der Waals surface area contributed by atoms with Gasteiger partial charge in [-0.3, -0.25) is 5.32 Å². The maximum absolute atomic E-state index is 12.1. The summed E-state index contributed by atoms with van der Waals surface area (Å²) in [7, 11) is 0. The third-order valence-corrected chi connectivity index (χ3v) is 5.44. The first kappa shape index (κ1) is 16.9. The van der Waals surface area contributed by atoms with E-state index in [2.05, 4.69) is 22.5 Å². The van der Waals surface area contributed by atoms with E-state index in [0.717, 1.165) is 47.9 Å². The van der Waals surface area contributed by atoms with Crippen LogP contribution in [0.25, 0.3) is 10.6 Å². The summed E-state index contributed by atoms with van der Waals surface area (Å²) in [6, 6.07) is 7.71. The molecule has 1 saturated heterocycles. The van der Waals surface area contributed by atoms with Crippen molar-refractivity contribution in [1.29, 1.82) is 0 Å². The number of piperidine rings is 1. The molecule has 1 amide bonds. The summed E-state index contributed by atoms with van der Waals surface area (Å²) >= 11 is 1.63. The third kappa shape index (κ3) is 4.13. The van der Waals surface area contributed by atoms with Crippen LogP contribution in [0.5, 0.6) is 0 Å². The van der Waals surface area contributed by atoms with Gasteiger partial charge in [-0.05, 0) is 57.8 Å². The van der Waals surface area contributed by atoms with Crippen molar-refractivity contribution in [3.63, 3.8) is 0 Å². The fourth-order valence-corrected chi connectivity index (χ4v) is 3.71. The lowest BCUT2D eigenvalue weighted by atomic mass is 9.99. The zero-order chi connectivity index (χ0) is 16.9. The Bertz CT molecular complexity index is 689. The molecule has 5 nitrogen and oxygen atoms in total. The van der Waals surface area contributed by atoms with Crippen molar-refractivity contribution in [2.24, 2.45) is 5.92 Å². The second-order valence-electron chi connectivity index (χ2n) is 6.12. The van der Waals surface area contributed by atoms with E-state index in [1.165, 1.54) is 4.88 Å². The fourth-order valence-electron chi connectivity index (χ4n) is 2.75. The van der Waals surface area contributed by atoms with Crippen molar-refractivity contribution < 1.29 is 9.53 Å². The molecule has 0 bridgehead atoms. The number of carbonyl (C=O) groups is 1. The fraction of sp³-hybridized carbons (Fsp3) is 0.444. The topological polar surface area (TPSA) is 63.2 Å². The van der Waals surface area contributed by atoms with E-state index in [0.29, 0.717) is 12.5 Å². The maximum atomic E-state index is 12.1. The Balaban J connectivity index is 1.65. The Morgan fingerprint density at radius 2 is 2.08 bits per heavy atom. The van der Waals surface area contributed by atoms with Crippen LogP contribution in [0.4, 0.5) is 10.5 Å². The lowest BCUT2D eigenvalue weighted by molar-refractivity contribution is 0.131. The molecule has 2 heterocycles. The van der Waals surface area contributed by atoms with E-state index in [1.54, 1.807) is 11.3 Å². The molecular weight excluding hydrogens is 322 g/mol. The first-order valence-corrected chi connectivity index (χ1v) is 9.13. The number of anilines is 1. The largest absolute Gasteiger partial charge is 0.449 e. The Morgan fingerprint density at radius 1 is 1.33 bits per heavy atom. The number of carbonyl (C=O) groups excluding carboxylic acids is 1. The molecule has 1 aromatic heterocycles. The summed E-state index contributed by atoms with van der Waals surface area (Å²) < 4.78 is 5.41. The van der Waals surface area contributed by atoms with E-state index in [4.69, 9.17) is 4.74 Å². The molecule has 128 valence electrons. The van der Waals surface area contributed by atoms with Gasteiger partial charge in [-0.2, -0.15) is 0 Å². The number of ether oxygens (including phenoxy) is 1. The lowest BCUT2D eigenvalue weighted by Gasteiger charge is -2.22. The monoisotopic (exact) mass is 345 g/mol. The highest BCUT2D eigenvalue weighted by atomic mass is 32.1. The minimum atomic E-state index is -0.397. The van der Waals surface area contributed by atoms with Gasteiger partial charge in [0.2, 0.25) is 0 Å². The number of aromatic nitrogens is 1. The highest BCUT2D eigenvalue weighted by molar-refractivity contribution is 7.15. The molecule has 3 rings (SSSR count). The van der Waals surface area contributed by atoms with Crippen molar-refractivity contribution in [3.05, 3.63) is 34.8 Å². The number of aryl methyl sites for hydroxylation is 2. The number of hydrogen-bond acceptors (Lipinski definition) is 5. The molecule has 0 radical (unpaired) electrons. The second-order valence-corrected chi connectivity index (χ2v) is 7.33. The molecule has 0 aliphatic carbocycles. The summed E-state index contributed by atoms with van der Waals surface area (Å²) in [6.07, 6.45) is 1.72. The summed E-state index contributed by atoms with van der Waals surface area (Å²) in [4.78, 5) is 17.9. The molecule has 1 fully saturated rings. The number of nitrogens with zero attached hydrogens (tertiary/aromatic N) is 1. The van der Waals surface area contributed by atoms with Gasteiger partial charge in [0.15, 0.2) is 0 Å². The van der Waals surface area contributed by atoms with Gasteiger partial charge >= 0.3 is 6.09 Å². The number of thiazole rings is 1. The van der Waals surface area contributed by atoms with Crippen LogP contribution >= 0.6 is 11.3 Å². The Labute approximate surface area is 146 Å². The van der Waals surface area contributed by atoms with Crippen molar-refractivity contribution >= 4 is 23.1 Å². The standard InChI is InChI=1S/C18H23N3O2S/c1-12-13(2)24-17(20-12)15-5-3-4-6-16(15)21-18(22)23-11-14-7-9-19-10-8-14/h3-6,14,19H,7-11H2,1-2H3,(H,21,22). The molecule has 1 aliphatic heterocycles. The summed E-state index contributed by atoms with van der Waals surface area (Å²) in [6.45, 7) is 6.53. The van der Waals surface area contributed by atoms with Gasteiger partial charge in [0.05, 0.1) is 18.0 Å². The van der Waals surface area contributed by atoms with Crippen LogP contribution in [0.15, 0.2) is 24.3 Å². The van der Waals surface area contributed by atoms with Crippen molar-refractivity contribution in [1.82, 2.24) is 10.3 Å². The highest BCUT2D eigenvalue weighted by Gasteiger charge is 2.17. The molecule has 0 atom stereocenters. The molecule has 0 saturated carbocycles. The molecule has 0 unspecified atom stereocenters. The zero-order valence-electron chi connectivity index (χ0n) is 14.1. The predicted molar refractivity (Wildman–Crippen MR) is 97.6 cm³/mol. The summed E-state index contributed by atoms with van der Waals surface area (Å²) in [5, 5.41) is 7.10. The quantitative estimate of drug-likeness (QED) is 0.880. The maximum Gasteiger partial charge on any atom is 0.411 e. The van der Waals surface area contributed by atoms with Gasteiger partial charge in [0.1, 0.15) is 5.01 Å². The van der Waals surface area contributed by atoms with Crippen LogP contribution in [0.3, 0.4) is 0 Å². The number of amides is 1. The van der Waals surface area contributed by atoms with Gasteiger partial charge in [-0.25, -0.2) is 9.78 Å². The Morgan fingerprint density at radius 3 is 2.79 bits per heavy atom. The van der Waals surface area contributed by atoms with Gasteiger partial charge in [-0.15, -0.1) is 11.3 Å². The Kier molecular flexibility index (Phi) is 5.48. The molecule has 2 N–H and O–H groups in total. The van der Waals surface area contributed by atoms with Crippen molar-refractivity contribution in [2.75, 3.05) is 25.0 Å². The molecule has 6 heteroatoms. The first-order valence-electron chi connectivity index (χ1n) is 8.31. The number of rotatable bonds is 4. The SMILES string of the molecule is Cc1nc(-c2ccccc2NC(=O)OCC2CCNCC2)sc1C. The summed E-state index contributed by atoms with van der Waals surface area (Å²) in [5.41, 5.74) is 2.69. The normalized spacial score (nSPS) is 15.2. The van der Waals surface area contributed by atoms with Crippen LogP contribution in [-0.2, 0) is 4.74 Å². The molecular formula is C18H23N3O2S. The molecule has 24 heavy (non-hydrogen) atoms. The number of nitrogens with one attached hydrogen (secondary N) is 2. The van der Waals surface area contributed by atoms with Gasteiger partial charge in [0, 0.05) is 10.4 Å². The minimum absolute atomic E-state index is 0.397. The average Bonchev–Trinajstić information content (AvgIpc) is 2.93. The average molecular weight is 345 g/mol. The number of para-hydroxylation sites is 1. The van der Waals surface area contributed by atoms with Crippen LogP contribution in [0.1, 0.15) is 23.4 Å². The molecule has 0 spiro atoms. The van der Waals surface area contributed by atoms with Crippen molar-refractivity contribution in [2.45, 2.75) is 26.7 Å². The van der Waals surface area contributed by atoms with Gasteiger partial charge in [0.25, 0.3) is 0 Å². The highest BCUT2D eigenvalue weighted by Crippen LogP contribution is 2.32. The summed E-state index contributed by atoms with van der Waals surface area (Å²) in [5.74, 6) is 0.455. The number of benzene rings is 1. The molecule has 1 aliphatic rings. The van der Waals surface area contributed by atoms with E-state index in [1.807, 2.05) is 31.2 Å². The van der Waals surface area contributed by atoms with Gasteiger partial charge in [-0.1, -0.05) is 12.1 Å².